The van der Waals surface area contributed by atoms with Crippen molar-refractivity contribution in [1.82, 2.24) is 0 Å². The normalized spacial score (nSPS) is 53.2. The zero-order chi connectivity index (χ0) is 55.9. The van der Waals surface area contributed by atoms with Gasteiger partial charge in [-0.15, -0.1) is 0 Å². The fourth-order valence-corrected chi connectivity index (χ4v) is 16.1. The van der Waals surface area contributed by atoms with Gasteiger partial charge in [-0.2, -0.15) is 0 Å². The lowest BCUT2D eigenvalue weighted by molar-refractivity contribution is -0.386. The van der Waals surface area contributed by atoms with Gasteiger partial charge >= 0.3 is 0 Å². The Labute approximate surface area is 444 Å². The quantitative estimate of drug-likeness (QED) is 0.0591. The number of hydrogen-bond acceptors (Lipinski definition) is 23. The molecule has 0 aromatic rings. The van der Waals surface area contributed by atoms with E-state index in [0.29, 0.717) is 32.1 Å². The van der Waals surface area contributed by atoms with Crippen LogP contribution in [0.5, 0.6) is 0 Å². The summed E-state index contributed by atoms with van der Waals surface area (Å²) in [6.45, 7) is 14.3. The maximum Gasteiger partial charge on any atom is 0.187 e. The van der Waals surface area contributed by atoms with Crippen LogP contribution in [0.25, 0.3) is 0 Å². The molecule has 7 unspecified atom stereocenters. The van der Waals surface area contributed by atoms with Gasteiger partial charge in [-0.25, -0.2) is 0 Å². The van der Waals surface area contributed by atoms with Crippen LogP contribution in [0.4, 0.5) is 0 Å². The van der Waals surface area contributed by atoms with E-state index in [9.17, 15) is 76.6 Å². The third-order valence-electron chi connectivity index (χ3n) is 20.4. The van der Waals surface area contributed by atoms with Crippen molar-refractivity contribution in [2.45, 2.75) is 247 Å². The van der Waals surface area contributed by atoms with Crippen molar-refractivity contribution in [3.8, 4) is 0 Å². The maximum atomic E-state index is 12.8. The minimum Gasteiger partial charge on any atom is -0.394 e. The van der Waals surface area contributed by atoms with E-state index in [1.807, 2.05) is 34.6 Å². The topological polar surface area (TPSA) is 377 Å². The molecule has 15 N–H and O–H groups in total. The van der Waals surface area contributed by atoms with Gasteiger partial charge in [0.15, 0.2) is 25.2 Å². The monoisotopic (exact) mass is 1090 g/mol. The Hall–Kier alpha value is -1.18. The Morgan fingerprint density at radius 3 is 1.78 bits per heavy atom. The maximum absolute atomic E-state index is 12.8. The molecular formula is C53H90O23. The van der Waals surface area contributed by atoms with Crippen LogP contribution in [0.2, 0.25) is 0 Å². The predicted molar refractivity (Wildman–Crippen MR) is 262 cm³/mol. The highest BCUT2D eigenvalue weighted by molar-refractivity contribution is 5.21. The van der Waals surface area contributed by atoms with Crippen LogP contribution in [0.3, 0.4) is 0 Å². The van der Waals surface area contributed by atoms with E-state index in [0.717, 1.165) is 18.4 Å². The lowest BCUT2D eigenvalue weighted by Crippen LogP contribution is -2.70. The van der Waals surface area contributed by atoms with Crippen molar-refractivity contribution < 1.29 is 114 Å². The van der Waals surface area contributed by atoms with Gasteiger partial charge in [0, 0.05) is 0 Å². The molecule has 0 aromatic carbocycles. The summed E-state index contributed by atoms with van der Waals surface area (Å²) in [6.07, 6.45) is -27.3. The molecule has 0 radical (unpaired) electrons. The number of aliphatic hydroxyl groups excluding tert-OH is 15. The Bertz CT molecular complexity index is 1980. The molecule has 23 nitrogen and oxygen atoms in total. The van der Waals surface area contributed by atoms with E-state index in [4.69, 9.17) is 37.9 Å². The molecule has 4 saturated heterocycles. The second-order valence-electron chi connectivity index (χ2n) is 25.5. The smallest absolute Gasteiger partial charge is 0.187 e. The highest BCUT2D eigenvalue weighted by Crippen LogP contribution is 2.76. The van der Waals surface area contributed by atoms with Gasteiger partial charge < -0.3 is 114 Å². The first-order chi connectivity index (χ1) is 35.5. The molecule has 0 spiro atoms. The summed E-state index contributed by atoms with van der Waals surface area (Å²) in [7, 11) is 0. The van der Waals surface area contributed by atoms with Crippen molar-refractivity contribution in [1.29, 1.82) is 0 Å². The van der Waals surface area contributed by atoms with Gasteiger partial charge in [-0.05, 0) is 117 Å². The third kappa shape index (κ3) is 10.5. The van der Waals surface area contributed by atoms with Crippen LogP contribution in [0, 0.1) is 45.3 Å². The minimum atomic E-state index is -1.92. The van der Waals surface area contributed by atoms with E-state index < -0.39 is 182 Å². The SMILES string of the molecule is CC(C)=CCCC(C)(O[C@@H]1O[C@H](CO)[C@@H](O)[C@H](O)[C@H]1O)[C@H]1CC[C@]2(C)[C@@H]1[C@H](O)CC1[C@@]3(C)C[C@@H](O)[C@H](O[C@@H]4O[C@H](COC5OCC(O)C(O)C5O)[C@@H](O)[C@H](O)[C@H]4O[C@@H]4O[C@H](CO)[C@@H](O)[C@H](O)[C@H]4O)C(C)(C)C3CC[C@]12C. The number of rotatable bonds is 15. The van der Waals surface area contributed by atoms with Crippen LogP contribution in [0.15, 0.2) is 11.6 Å². The molecule has 4 aliphatic carbocycles. The van der Waals surface area contributed by atoms with E-state index >= 15 is 0 Å². The first kappa shape index (κ1) is 60.9. The van der Waals surface area contributed by atoms with E-state index in [-0.39, 0.29) is 36.7 Å². The van der Waals surface area contributed by atoms with Gasteiger partial charge in [-0.3, -0.25) is 0 Å². The van der Waals surface area contributed by atoms with Crippen molar-refractivity contribution in [3.63, 3.8) is 0 Å². The first-order valence-electron chi connectivity index (χ1n) is 27.4. The van der Waals surface area contributed by atoms with Crippen LogP contribution in [0.1, 0.15) is 107 Å². The number of allylic oxidation sites excluding steroid dienone is 2. The lowest BCUT2D eigenvalue weighted by Gasteiger charge is -2.71. The van der Waals surface area contributed by atoms with Crippen LogP contribution in [-0.2, 0) is 37.9 Å². The summed E-state index contributed by atoms with van der Waals surface area (Å²) in [5.74, 6) is -0.831. The predicted octanol–water partition coefficient (Wildman–Crippen LogP) is -2.59. The molecule has 0 bridgehead atoms. The second kappa shape index (κ2) is 22.9. The number of fused-ring (bicyclic) bond motifs is 5. The molecule has 23 heteroatoms. The number of hydrogen-bond donors (Lipinski definition) is 15. The van der Waals surface area contributed by atoms with Gasteiger partial charge in [0.2, 0.25) is 0 Å². The highest BCUT2D eigenvalue weighted by atomic mass is 16.8. The Balaban J connectivity index is 1.06. The molecule has 76 heavy (non-hydrogen) atoms. The number of aliphatic hydroxyl groups is 15. The molecule has 4 heterocycles. The molecular weight excluding hydrogens is 1000 g/mol. The molecule has 0 aromatic heterocycles. The molecule has 4 aliphatic heterocycles. The fraction of sp³-hybridized carbons (Fsp3) is 0.962. The summed E-state index contributed by atoms with van der Waals surface area (Å²) in [5, 5.41) is 164. The zero-order valence-corrected chi connectivity index (χ0v) is 45.0. The van der Waals surface area contributed by atoms with Crippen molar-refractivity contribution in [3.05, 3.63) is 11.6 Å². The first-order valence-corrected chi connectivity index (χ1v) is 27.4. The number of ether oxygens (including phenoxy) is 8. The molecule has 30 atom stereocenters. The van der Waals surface area contributed by atoms with Gasteiger partial charge in [0.05, 0.1) is 50.3 Å². The average Bonchev–Trinajstić information content (AvgIpc) is 3.75. The van der Waals surface area contributed by atoms with E-state index in [2.05, 4.69) is 26.8 Å². The third-order valence-corrected chi connectivity index (χ3v) is 20.4. The Morgan fingerprint density at radius 1 is 0.592 bits per heavy atom. The standard InChI is InChI=1S/C53H90O23/c1-22(2)10-9-13-53(8,76-47-42(68)38(64)35(61)28(19-55)72-47)23-11-14-52(7)32(23)24(56)16-31-50(5)17-25(57)44(49(3,4)30(50)12-15-51(31,52)6)75-48-43(74-46-41(67)37(63)34(60)27(18-54)71-46)39(65)36(62)29(73-48)21-70-45-40(66)33(59)26(58)20-69-45/h10,23-48,54-68H,9,11-21H2,1-8H3/t23-,24+,25+,26?,27+,28+,29+,30?,31?,32-,33?,34+,35+,36+,37-,38-,39-,40?,41+,42+,43+,44-,45?,46-,47-,48-,50-,51+,52+,53?/m0/s1. The summed E-state index contributed by atoms with van der Waals surface area (Å²) in [5.41, 5.74) is -2.27. The molecule has 0 amide bonds. The van der Waals surface area contributed by atoms with Gasteiger partial charge in [0.25, 0.3) is 0 Å². The largest absolute Gasteiger partial charge is 0.394 e. The highest BCUT2D eigenvalue weighted by Gasteiger charge is 2.73. The zero-order valence-electron chi connectivity index (χ0n) is 45.0. The fourth-order valence-electron chi connectivity index (χ4n) is 16.1. The summed E-state index contributed by atoms with van der Waals surface area (Å²) in [6, 6.07) is 0. The second-order valence-corrected chi connectivity index (χ2v) is 25.5. The van der Waals surface area contributed by atoms with Crippen LogP contribution < -0.4 is 0 Å². The lowest BCUT2D eigenvalue weighted by atomic mass is 9.35. The Morgan fingerprint density at radius 2 is 1.16 bits per heavy atom. The summed E-state index contributed by atoms with van der Waals surface area (Å²) in [4.78, 5) is 0. The van der Waals surface area contributed by atoms with Crippen molar-refractivity contribution in [2.24, 2.45) is 45.3 Å². The van der Waals surface area contributed by atoms with Crippen LogP contribution in [-0.4, -0.2) is 244 Å². The van der Waals surface area contributed by atoms with Crippen molar-refractivity contribution >= 4 is 0 Å². The average molecular weight is 1100 g/mol. The molecule has 8 rings (SSSR count). The molecule has 8 aliphatic rings. The Kier molecular flexibility index (Phi) is 18.3. The molecule has 8 fully saturated rings. The summed E-state index contributed by atoms with van der Waals surface area (Å²) >= 11 is 0. The van der Waals surface area contributed by atoms with Crippen molar-refractivity contribution in [2.75, 3.05) is 26.4 Å². The van der Waals surface area contributed by atoms with E-state index in [1.54, 1.807) is 0 Å². The molecule has 440 valence electrons. The van der Waals surface area contributed by atoms with Gasteiger partial charge in [0.1, 0.15) is 91.6 Å². The van der Waals surface area contributed by atoms with Crippen LogP contribution >= 0.6 is 0 Å². The summed E-state index contributed by atoms with van der Waals surface area (Å²) < 4.78 is 48.6. The van der Waals surface area contributed by atoms with Gasteiger partial charge in [-0.1, -0.05) is 46.3 Å². The minimum absolute atomic E-state index is 0.129. The molecule has 4 saturated carbocycles. The van der Waals surface area contributed by atoms with E-state index in [1.165, 1.54) is 0 Å².